The summed E-state index contributed by atoms with van der Waals surface area (Å²) in [5.74, 6) is -0.580. The minimum absolute atomic E-state index is 0.0814. The number of ether oxygens (including phenoxy) is 2. The third-order valence-electron chi connectivity index (χ3n) is 8.26. The highest BCUT2D eigenvalue weighted by Gasteiger charge is 2.51. The molecule has 1 unspecified atom stereocenters. The Bertz CT molecular complexity index is 1310. The Morgan fingerprint density at radius 3 is 2.38 bits per heavy atom. The second kappa shape index (κ2) is 11.2. The number of nitrogens with zero attached hydrogens (tertiary/aromatic N) is 2. The maximum absolute atomic E-state index is 14.2. The van der Waals surface area contributed by atoms with Crippen molar-refractivity contribution in [3.05, 3.63) is 82.9 Å². The quantitative estimate of drug-likeness (QED) is 0.371. The summed E-state index contributed by atoms with van der Waals surface area (Å²) in [6.45, 7) is 5.60. The van der Waals surface area contributed by atoms with Crippen LogP contribution in [0.3, 0.4) is 0 Å². The number of hydrogen-bond donors (Lipinski definition) is 2. The second-order valence-electron chi connectivity index (χ2n) is 11.1. The van der Waals surface area contributed by atoms with E-state index < -0.39 is 23.3 Å². The third-order valence-corrected chi connectivity index (χ3v) is 8.26. The van der Waals surface area contributed by atoms with Crippen molar-refractivity contribution in [3.63, 3.8) is 0 Å². The van der Waals surface area contributed by atoms with E-state index in [1.165, 1.54) is 12.8 Å². The first kappa shape index (κ1) is 26.9. The number of H-pyrrole nitrogens is 1. The van der Waals surface area contributed by atoms with Crippen LogP contribution in [0.1, 0.15) is 40.9 Å². The summed E-state index contributed by atoms with van der Waals surface area (Å²) < 4.78 is 11.9. The summed E-state index contributed by atoms with van der Waals surface area (Å²) in [7, 11) is 1.62. The molecule has 39 heavy (non-hydrogen) atoms. The van der Waals surface area contributed by atoms with Crippen LogP contribution in [0.25, 0.3) is 0 Å². The molecule has 1 aliphatic carbocycles. The van der Waals surface area contributed by atoms with Gasteiger partial charge >= 0.3 is 0 Å². The zero-order valence-corrected chi connectivity index (χ0v) is 23.0. The normalized spacial score (nSPS) is 17.8. The molecule has 2 amide bonds. The Morgan fingerprint density at radius 2 is 1.79 bits per heavy atom. The van der Waals surface area contributed by atoms with E-state index in [0.29, 0.717) is 38.5 Å². The molecule has 2 aromatic carbocycles. The lowest BCUT2D eigenvalue weighted by atomic mass is 9.78. The van der Waals surface area contributed by atoms with Crippen LogP contribution in [-0.4, -0.2) is 53.5 Å². The SMILES string of the molecule is COc1ccc(C[C@@H](C(=O)N2CC(OCC3CC3)(c3ccccc3C)C2)C(Cc2nc[nH]c2C)C(N)=O)cc1. The molecule has 2 fully saturated rings. The van der Waals surface area contributed by atoms with Gasteiger partial charge in [-0.2, -0.15) is 0 Å². The molecule has 2 aliphatic rings. The van der Waals surface area contributed by atoms with Gasteiger partial charge in [-0.25, -0.2) is 4.98 Å². The molecule has 1 saturated heterocycles. The number of aromatic nitrogens is 2. The second-order valence-corrected chi connectivity index (χ2v) is 11.1. The molecule has 3 aromatic rings. The average molecular weight is 531 g/mol. The lowest BCUT2D eigenvalue weighted by molar-refractivity contribution is -0.179. The fourth-order valence-electron chi connectivity index (χ4n) is 5.61. The summed E-state index contributed by atoms with van der Waals surface area (Å²) >= 11 is 0. The zero-order valence-electron chi connectivity index (χ0n) is 23.0. The van der Waals surface area contributed by atoms with Crippen LogP contribution < -0.4 is 10.5 Å². The van der Waals surface area contributed by atoms with Crippen molar-refractivity contribution in [2.24, 2.45) is 23.5 Å². The molecule has 0 bridgehead atoms. The van der Waals surface area contributed by atoms with Gasteiger partial charge in [0.2, 0.25) is 11.8 Å². The number of rotatable bonds is 12. The van der Waals surface area contributed by atoms with Gasteiger partial charge in [-0.3, -0.25) is 9.59 Å². The van der Waals surface area contributed by atoms with Gasteiger partial charge in [0.1, 0.15) is 11.4 Å². The largest absolute Gasteiger partial charge is 0.497 e. The molecular weight excluding hydrogens is 492 g/mol. The molecule has 2 atom stereocenters. The summed E-state index contributed by atoms with van der Waals surface area (Å²) in [6.07, 6.45) is 4.68. The minimum Gasteiger partial charge on any atom is -0.497 e. The van der Waals surface area contributed by atoms with E-state index in [0.717, 1.165) is 33.8 Å². The topological polar surface area (TPSA) is 111 Å². The predicted octanol–water partition coefficient (Wildman–Crippen LogP) is 3.70. The first-order chi connectivity index (χ1) is 18.8. The van der Waals surface area contributed by atoms with Gasteiger partial charge in [0, 0.05) is 12.1 Å². The van der Waals surface area contributed by atoms with Gasteiger partial charge < -0.3 is 25.1 Å². The zero-order chi connectivity index (χ0) is 27.6. The molecule has 206 valence electrons. The Morgan fingerprint density at radius 1 is 1.08 bits per heavy atom. The number of benzene rings is 2. The van der Waals surface area contributed by atoms with Crippen molar-refractivity contribution in [2.45, 2.75) is 45.1 Å². The number of primary amides is 1. The fraction of sp³-hybridized carbons (Fsp3) is 0.452. The van der Waals surface area contributed by atoms with Gasteiger partial charge in [-0.1, -0.05) is 36.4 Å². The fourth-order valence-corrected chi connectivity index (χ4v) is 5.61. The van der Waals surface area contributed by atoms with Gasteiger partial charge in [-0.05, 0) is 67.9 Å². The smallest absolute Gasteiger partial charge is 0.227 e. The molecule has 5 rings (SSSR count). The van der Waals surface area contributed by atoms with Crippen molar-refractivity contribution in [1.29, 1.82) is 0 Å². The van der Waals surface area contributed by atoms with E-state index in [1.54, 1.807) is 13.4 Å². The summed E-state index contributed by atoms with van der Waals surface area (Å²) in [5.41, 5.74) is 10.3. The number of aromatic amines is 1. The summed E-state index contributed by atoms with van der Waals surface area (Å²) in [6, 6.07) is 15.8. The van der Waals surface area contributed by atoms with E-state index >= 15 is 0 Å². The molecule has 1 aromatic heterocycles. The van der Waals surface area contributed by atoms with Crippen LogP contribution in [0.2, 0.25) is 0 Å². The van der Waals surface area contributed by atoms with Crippen LogP contribution in [0, 0.1) is 31.6 Å². The van der Waals surface area contributed by atoms with Crippen LogP contribution in [0.15, 0.2) is 54.9 Å². The van der Waals surface area contributed by atoms with E-state index in [9.17, 15) is 9.59 Å². The van der Waals surface area contributed by atoms with Gasteiger partial charge in [0.15, 0.2) is 0 Å². The highest BCUT2D eigenvalue weighted by atomic mass is 16.5. The van der Waals surface area contributed by atoms with Crippen LogP contribution in [-0.2, 0) is 32.8 Å². The highest BCUT2D eigenvalue weighted by Crippen LogP contribution is 2.42. The number of carbonyl (C=O) groups excluding carboxylic acids is 2. The van der Waals surface area contributed by atoms with Crippen LogP contribution in [0.5, 0.6) is 5.75 Å². The molecule has 8 nitrogen and oxygen atoms in total. The molecule has 0 radical (unpaired) electrons. The predicted molar refractivity (Wildman–Crippen MR) is 148 cm³/mol. The molecule has 1 aliphatic heterocycles. The molecule has 3 N–H and O–H groups in total. The van der Waals surface area contributed by atoms with Crippen molar-refractivity contribution < 1.29 is 19.1 Å². The van der Waals surface area contributed by atoms with Crippen LogP contribution in [0.4, 0.5) is 0 Å². The van der Waals surface area contributed by atoms with Crippen LogP contribution >= 0.6 is 0 Å². The van der Waals surface area contributed by atoms with E-state index in [4.69, 9.17) is 15.2 Å². The molecule has 2 heterocycles. The lowest BCUT2D eigenvalue weighted by Gasteiger charge is -2.51. The van der Waals surface area contributed by atoms with E-state index in [2.05, 4.69) is 29.0 Å². The Labute approximate surface area is 229 Å². The number of aryl methyl sites for hydroxylation is 2. The lowest BCUT2D eigenvalue weighted by Crippen LogP contribution is -2.64. The van der Waals surface area contributed by atoms with E-state index in [1.807, 2.05) is 48.2 Å². The monoisotopic (exact) mass is 530 g/mol. The highest BCUT2D eigenvalue weighted by molar-refractivity contribution is 5.88. The van der Waals surface area contributed by atoms with Crippen molar-refractivity contribution >= 4 is 11.8 Å². The first-order valence-electron chi connectivity index (χ1n) is 13.7. The number of imidazole rings is 1. The number of methoxy groups -OCH3 is 1. The van der Waals surface area contributed by atoms with Crippen molar-refractivity contribution in [2.75, 3.05) is 26.8 Å². The molecule has 0 spiro atoms. The first-order valence-corrected chi connectivity index (χ1v) is 13.7. The summed E-state index contributed by atoms with van der Waals surface area (Å²) in [5, 5.41) is 0. The van der Waals surface area contributed by atoms with Gasteiger partial charge in [0.25, 0.3) is 0 Å². The standard InChI is InChI=1S/C31H38N4O4/c1-20-6-4-5-7-27(20)31(39-16-23-8-9-23)17-35(18-31)30(37)26(14-22-10-12-24(38-3)13-11-22)25(29(32)36)15-28-21(2)33-19-34-28/h4-7,10-13,19,23,25-26H,8-9,14-18H2,1-3H3,(H2,32,36)(H,33,34)/t25?,26-/m1/s1. The average Bonchev–Trinajstić information content (AvgIpc) is 3.66. The van der Waals surface area contributed by atoms with Crippen molar-refractivity contribution in [3.8, 4) is 5.75 Å². The maximum Gasteiger partial charge on any atom is 0.227 e. The van der Waals surface area contributed by atoms with Crippen molar-refractivity contribution in [1.82, 2.24) is 14.9 Å². The van der Waals surface area contributed by atoms with E-state index in [-0.39, 0.29) is 5.91 Å². The molecule has 1 saturated carbocycles. The minimum atomic E-state index is -0.706. The van der Waals surface area contributed by atoms with Gasteiger partial charge in [-0.15, -0.1) is 0 Å². The number of amides is 2. The number of carbonyl (C=O) groups is 2. The number of nitrogens with two attached hydrogens (primary N) is 1. The molecular formula is C31H38N4O4. The Balaban J connectivity index is 1.41. The maximum atomic E-state index is 14.2. The third kappa shape index (κ3) is 5.86. The number of hydrogen-bond acceptors (Lipinski definition) is 5. The Kier molecular flexibility index (Phi) is 7.75. The number of likely N-dealkylation sites (tertiary alicyclic amines) is 1. The van der Waals surface area contributed by atoms with Gasteiger partial charge in [0.05, 0.1) is 50.7 Å². The Hall–Kier alpha value is -3.65. The summed E-state index contributed by atoms with van der Waals surface area (Å²) in [4.78, 5) is 36.3. The molecule has 8 heteroatoms. The number of nitrogens with one attached hydrogen (secondary N) is 1.